The third-order valence-corrected chi connectivity index (χ3v) is 3.92. The zero-order valence-corrected chi connectivity index (χ0v) is 14.8. The second kappa shape index (κ2) is 7.75. The highest BCUT2D eigenvalue weighted by Crippen LogP contribution is 2.27. The molecular weight excluding hydrogens is 316 g/mol. The van der Waals surface area contributed by atoms with Crippen LogP contribution in [0.3, 0.4) is 0 Å². The molecular formula is C20H22N2O3. The van der Waals surface area contributed by atoms with E-state index in [-0.39, 0.29) is 11.7 Å². The smallest absolute Gasteiger partial charge is 0.314 e. The Morgan fingerprint density at radius 1 is 0.880 bits per heavy atom. The van der Waals surface area contributed by atoms with Gasteiger partial charge in [0.15, 0.2) is 5.78 Å². The van der Waals surface area contributed by atoms with Gasteiger partial charge in [-0.3, -0.25) is 14.4 Å². The zero-order chi connectivity index (χ0) is 18.6. The number of ketones is 1. The quantitative estimate of drug-likeness (QED) is 0.656. The monoisotopic (exact) mass is 338 g/mol. The summed E-state index contributed by atoms with van der Waals surface area (Å²) in [6, 6.07) is 12.1. The molecule has 0 unspecified atom stereocenters. The standard InChI is InChI=1S/C20H22N2O3/c1-12(2)17-7-5-6-13(3)18(17)22-20(25)19(24)21-16-10-8-15(9-11-16)14(4)23/h5-12H,1-4H3,(H,21,24)(H,22,25). The molecule has 0 spiro atoms. The maximum Gasteiger partial charge on any atom is 0.314 e. The number of anilines is 2. The number of benzene rings is 2. The predicted octanol–water partition coefficient (Wildman–Crippen LogP) is 3.90. The number of carbonyl (C=O) groups excluding carboxylic acids is 3. The van der Waals surface area contributed by atoms with Crippen LogP contribution in [0.4, 0.5) is 11.4 Å². The largest absolute Gasteiger partial charge is 0.318 e. The molecule has 2 aromatic rings. The summed E-state index contributed by atoms with van der Waals surface area (Å²) in [4.78, 5) is 35.6. The van der Waals surface area contributed by atoms with Crippen LogP contribution < -0.4 is 10.6 Å². The van der Waals surface area contributed by atoms with Crippen LogP contribution in [0.15, 0.2) is 42.5 Å². The average Bonchev–Trinajstić information content (AvgIpc) is 2.56. The van der Waals surface area contributed by atoms with E-state index in [1.807, 2.05) is 39.0 Å². The molecule has 0 radical (unpaired) electrons. The molecule has 0 saturated carbocycles. The lowest BCUT2D eigenvalue weighted by Gasteiger charge is -2.16. The predicted molar refractivity (Wildman–Crippen MR) is 99.0 cm³/mol. The van der Waals surface area contributed by atoms with Crippen LogP contribution in [0.2, 0.25) is 0 Å². The van der Waals surface area contributed by atoms with Crippen molar-refractivity contribution >= 4 is 29.0 Å². The highest BCUT2D eigenvalue weighted by Gasteiger charge is 2.18. The molecule has 130 valence electrons. The number of amides is 2. The molecule has 0 saturated heterocycles. The van der Waals surface area contributed by atoms with Gasteiger partial charge in [0.1, 0.15) is 0 Å². The van der Waals surface area contributed by atoms with E-state index in [1.165, 1.54) is 6.92 Å². The lowest BCUT2D eigenvalue weighted by Crippen LogP contribution is -2.29. The molecule has 0 aliphatic rings. The molecule has 25 heavy (non-hydrogen) atoms. The van der Waals surface area contributed by atoms with E-state index in [4.69, 9.17) is 0 Å². The van der Waals surface area contributed by atoms with Gasteiger partial charge in [0, 0.05) is 16.9 Å². The lowest BCUT2D eigenvalue weighted by atomic mass is 9.98. The summed E-state index contributed by atoms with van der Waals surface area (Å²) in [7, 11) is 0. The molecule has 0 fully saturated rings. The fourth-order valence-electron chi connectivity index (χ4n) is 2.49. The summed E-state index contributed by atoms with van der Waals surface area (Å²) in [5, 5.41) is 5.24. The van der Waals surface area contributed by atoms with Crippen LogP contribution in [0.25, 0.3) is 0 Å². The summed E-state index contributed by atoms with van der Waals surface area (Å²) in [6.07, 6.45) is 0. The third kappa shape index (κ3) is 4.53. The number of hydrogen-bond acceptors (Lipinski definition) is 3. The van der Waals surface area contributed by atoms with Crippen molar-refractivity contribution in [2.24, 2.45) is 0 Å². The molecule has 5 heteroatoms. The highest BCUT2D eigenvalue weighted by molar-refractivity contribution is 6.43. The maximum absolute atomic E-state index is 12.2. The van der Waals surface area contributed by atoms with Crippen LogP contribution in [0, 0.1) is 6.92 Å². The first-order valence-corrected chi connectivity index (χ1v) is 8.12. The third-order valence-electron chi connectivity index (χ3n) is 3.92. The summed E-state index contributed by atoms with van der Waals surface area (Å²) in [5.74, 6) is -1.32. The molecule has 2 amide bonds. The fourth-order valence-corrected chi connectivity index (χ4v) is 2.49. The van der Waals surface area contributed by atoms with Gasteiger partial charge in [0.2, 0.25) is 0 Å². The molecule has 5 nitrogen and oxygen atoms in total. The number of carbonyl (C=O) groups is 3. The van der Waals surface area contributed by atoms with Gasteiger partial charge in [-0.2, -0.15) is 0 Å². The highest BCUT2D eigenvalue weighted by atomic mass is 16.2. The summed E-state index contributed by atoms with van der Waals surface area (Å²) >= 11 is 0. The SMILES string of the molecule is CC(=O)c1ccc(NC(=O)C(=O)Nc2c(C)cccc2C(C)C)cc1. The van der Waals surface area contributed by atoms with Gasteiger partial charge in [-0.05, 0) is 55.2 Å². The minimum Gasteiger partial charge on any atom is -0.318 e. The van der Waals surface area contributed by atoms with Crippen molar-refractivity contribution in [1.29, 1.82) is 0 Å². The normalized spacial score (nSPS) is 10.4. The van der Waals surface area contributed by atoms with Gasteiger partial charge in [-0.25, -0.2) is 0 Å². The first-order valence-electron chi connectivity index (χ1n) is 8.12. The van der Waals surface area contributed by atoms with Gasteiger partial charge in [0.05, 0.1) is 0 Å². The Labute approximate surface area is 147 Å². The van der Waals surface area contributed by atoms with Crippen molar-refractivity contribution in [3.63, 3.8) is 0 Å². The van der Waals surface area contributed by atoms with Crippen molar-refractivity contribution in [3.05, 3.63) is 59.2 Å². The van der Waals surface area contributed by atoms with E-state index >= 15 is 0 Å². The van der Waals surface area contributed by atoms with E-state index in [2.05, 4.69) is 10.6 Å². The second-order valence-corrected chi connectivity index (χ2v) is 6.24. The van der Waals surface area contributed by atoms with Crippen molar-refractivity contribution in [1.82, 2.24) is 0 Å². The Hall–Kier alpha value is -2.95. The number of nitrogens with one attached hydrogen (secondary N) is 2. The van der Waals surface area contributed by atoms with Crippen LogP contribution >= 0.6 is 0 Å². The fraction of sp³-hybridized carbons (Fsp3) is 0.250. The number of para-hydroxylation sites is 1. The van der Waals surface area contributed by atoms with Gasteiger partial charge < -0.3 is 10.6 Å². The van der Waals surface area contributed by atoms with Gasteiger partial charge >= 0.3 is 11.8 Å². The Bertz CT molecular complexity index is 808. The minimum absolute atomic E-state index is 0.0589. The first-order chi connectivity index (χ1) is 11.8. The molecule has 0 atom stereocenters. The number of hydrogen-bond donors (Lipinski definition) is 2. The minimum atomic E-state index is -0.756. The average molecular weight is 338 g/mol. The molecule has 0 aliphatic heterocycles. The van der Waals surface area contributed by atoms with Crippen LogP contribution in [-0.2, 0) is 9.59 Å². The van der Waals surface area contributed by atoms with E-state index in [0.29, 0.717) is 16.9 Å². The molecule has 0 bridgehead atoms. The Morgan fingerprint density at radius 3 is 2.04 bits per heavy atom. The van der Waals surface area contributed by atoms with E-state index in [9.17, 15) is 14.4 Å². The van der Waals surface area contributed by atoms with Crippen molar-refractivity contribution in [2.75, 3.05) is 10.6 Å². The second-order valence-electron chi connectivity index (χ2n) is 6.24. The maximum atomic E-state index is 12.2. The number of Topliss-reactive ketones (excluding diaryl/α,β-unsaturated/α-hetero) is 1. The molecule has 2 N–H and O–H groups in total. The van der Waals surface area contributed by atoms with E-state index < -0.39 is 11.8 Å². The number of aryl methyl sites for hydroxylation is 1. The van der Waals surface area contributed by atoms with Crippen molar-refractivity contribution < 1.29 is 14.4 Å². The van der Waals surface area contributed by atoms with Gasteiger partial charge in [-0.15, -0.1) is 0 Å². The summed E-state index contributed by atoms with van der Waals surface area (Å²) in [5.41, 5.74) is 3.55. The molecule has 2 rings (SSSR count). The first kappa shape index (κ1) is 18.4. The zero-order valence-electron chi connectivity index (χ0n) is 14.8. The van der Waals surface area contributed by atoms with Crippen LogP contribution in [-0.4, -0.2) is 17.6 Å². The van der Waals surface area contributed by atoms with Crippen molar-refractivity contribution in [2.45, 2.75) is 33.6 Å². The van der Waals surface area contributed by atoms with Crippen LogP contribution in [0.5, 0.6) is 0 Å². The van der Waals surface area contributed by atoms with E-state index in [0.717, 1.165) is 11.1 Å². The molecule has 0 aromatic heterocycles. The lowest BCUT2D eigenvalue weighted by molar-refractivity contribution is -0.133. The Kier molecular flexibility index (Phi) is 5.70. The van der Waals surface area contributed by atoms with Crippen molar-refractivity contribution in [3.8, 4) is 0 Å². The Balaban J connectivity index is 2.11. The summed E-state index contributed by atoms with van der Waals surface area (Å²) in [6.45, 7) is 7.41. The molecule has 0 heterocycles. The molecule has 0 aliphatic carbocycles. The Morgan fingerprint density at radius 2 is 1.48 bits per heavy atom. The molecule has 2 aromatic carbocycles. The van der Waals surface area contributed by atoms with E-state index in [1.54, 1.807) is 24.3 Å². The number of rotatable bonds is 4. The summed E-state index contributed by atoms with van der Waals surface area (Å²) < 4.78 is 0. The van der Waals surface area contributed by atoms with Crippen LogP contribution in [0.1, 0.15) is 48.2 Å². The topological polar surface area (TPSA) is 75.3 Å². The van der Waals surface area contributed by atoms with Gasteiger partial charge in [0.25, 0.3) is 0 Å². The van der Waals surface area contributed by atoms with Gasteiger partial charge in [-0.1, -0.05) is 32.0 Å².